The van der Waals surface area contributed by atoms with Crippen LogP contribution < -0.4 is 0 Å². The van der Waals surface area contributed by atoms with E-state index in [1.165, 1.54) is 11.3 Å². The molecule has 24 heavy (non-hydrogen) atoms. The number of carbonyl (C=O) groups excluding carboxylic acids is 1. The third-order valence-corrected chi connectivity index (χ3v) is 4.61. The Balaban J connectivity index is 1.66. The molecule has 2 heterocycles. The van der Waals surface area contributed by atoms with Gasteiger partial charge in [0.25, 0.3) is 0 Å². The molecule has 0 spiro atoms. The average Bonchev–Trinajstić information content (AvgIpc) is 2.91. The molecular weight excluding hydrogens is 302 g/mol. The SMILES string of the molecule is CCC(=O)N1CCc2c(c(COCc3ccc(C)cc3)nn2C)C1. The summed E-state index contributed by atoms with van der Waals surface area (Å²) in [5.74, 6) is 0.205. The molecule has 0 aliphatic carbocycles. The number of aromatic nitrogens is 2. The Bertz CT molecular complexity index is 719. The summed E-state index contributed by atoms with van der Waals surface area (Å²) in [5.41, 5.74) is 5.75. The lowest BCUT2D eigenvalue weighted by molar-refractivity contribution is -0.131. The summed E-state index contributed by atoms with van der Waals surface area (Å²) in [5, 5.41) is 4.61. The molecule has 1 aliphatic heterocycles. The van der Waals surface area contributed by atoms with E-state index >= 15 is 0 Å². The van der Waals surface area contributed by atoms with Gasteiger partial charge >= 0.3 is 0 Å². The molecule has 128 valence electrons. The van der Waals surface area contributed by atoms with Crippen molar-refractivity contribution in [2.75, 3.05) is 6.54 Å². The molecule has 0 unspecified atom stereocenters. The largest absolute Gasteiger partial charge is 0.370 e. The van der Waals surface area contributed by atoms with Crippen LogP contribution in [0, 0.1) is 6.92 Å². The molecule has 1 amide bonds. The van der Waals surface area contributed by atoms with Crippen LogP contribution in [0.2, 0.25) is 0 Å². The zero-order chi connectivity index (χ0) is 17.1. The van der Waals surface area contributed by atoms with E-state index in [4.69, 9.17) is 4.74 Å². The molecule has 1 aliphatic rings. The predicted octanol–water partition coefficient (Wildman–Crippen LogP) is 2.74. The first-order chi connectivity index (χ1) is 11.6. The van der Waals surface area contributed by atoms with Crippen LogP contribution in [0.3, 0.4) is 0 Å². The Labute approximate surface area is 143 Å². The molecule has 3 rings (SSSR count). The summed E-state index contributed by atoms with van der Waals surface area (Å²) in [4.78, 5) is 13.9. The molecule has 0 saturated heterocycles. The van der Waals surface area contributed by atoms with Crippen LogP contribution in [0.5, 0.6) is 0 Å². The van der Waals surface area contributed by atoms with Crippen molar-refractivity contribution in [2.45, 2.75) is 46.4 Å². The van der Waals surface area contributed by atoms with Crippen molar-refractivity contribution in [1.82, 2.24) is 14.7 Å². The van der Waals surface area contributed by atoms with Crippen molar-refractivity contribution in [3.8, 4) is 0 Å². The molecule has 5 heteroatoms. The Morgan fingerprint density at radius 2 is 2.00 bits per heavy atom. The fraction of sp³-hybridized carbons (Fsp3) is 0.474. The van der Waals surface area contributed by atoms with Gasteiger partial charge in [0, 0.05) is 44.2 Å². The van der Waals surface area contributed by atoms with Crippen molar-refractivity contribution >= 4 is 5.91 Å². The molecule has 0 radical (unpaired) electrons. The van der Waals surface area contributed by atoms with E-state index in [1.807, 2.05) is 23.6 Å². The van der Waals surface area contributed by atoms with Crippen LogP contribution >= 0.6 is 0 Å². The lowest BCUT2D eigenvalue weighted by atomic mass is 10.0. The van der Waals surface area contributed by atoms with Gasteiger partial charge in [-0.15, -0.1) is 0 Å². The monoisotopic (exact) mass is 327 g/mol. The van der Waals surface area contributed by atoms with Crippen LogP contribution in [0.15, 0.2) is 24.3 Å². The molecule has 1 aromatic carbocycles. The number of aryl methyl sites for hydroxylation is 2. The van der Waals surface area contributed by atoms with E-state index in [1.54, 1.807) is 0 Å². The second-order valence-electron chi connectivity index (χ2n) is 6.39. The highest BCUT2D eigenvalue weighted by Gasteiger charge is 2.25. The minimum absolute atomic E-state index is 0.205. The molecule has 5 nitrogen and oxygen atoms in total. The van der Waals surface area contributed by atoms with Gasteiger partial charge in [-0.05, 0) is 12.5 Å². The summed E-state index contributed by atoms with van der Waals surface area (Å²) >= 11 is 0. The van der Waals surface area contributed by atoms with Crippen molar-refractivity contribution in [2.24, 2.45) is 7.05 Å². The summed E-state index contributed by atoms with van der Waals surface area (Å²) in [6.45, 7) is 6.47. The summed E-state index contributed by atoms with van der Waals surface area (Å²) in [6.07, 6.45) is 1.41. The quantitative estimate of drug-likeness (QED) is 0.848. The lowest BCUT2D eigenvalue weighted by Gasteiger charge is -2.27. The number of carbonyl (C=O) groups is 1. The van der Waals surface area contributed by atoms with Crippen molar-refractivity contribution < 1.29 is 9.53 Å². The van der Waals surface area contributed by atoms with E-state index in [0.29, 0.717) is 26.2 Å². The van der Waals surface area contributed by atoms with Gasteiger partial charge in [0.1, 0.15) is 0 Å². The number of amides is 1. The first kappa shape index (κ1) is 16.7. The highest BCUT2D eigenvalue weighted by Crippen LogP contribution is 2.23. The third kappa shape index (κ3) is 3.51. The minimum atomic E-state index is 0.205. The minimum Gasteiger partial charge on any atom is -0.370 e. The van der Waals surface area contributed by atoms with Gasteiger partial charge in [0.15, 0.2) is 0 Å². The van der Waals surface area contributed by atoms with Gasteiger partial charge in [-0.25, -0.2) is 0 Å². The average molecular weight is 327 g/mol. The summed E-state index contributed by atoms with van der Waals surface area (Å²) in [7, 11) is 1.97. The number of benzene rings is 1. The van der Waals surface area contributed by atoms with Gasteiger partial charge in [-0.2, -0.15) is 5.10 Å². The second-order valence-corrected chi connectivity index (χ2v) is 6.39. The molecule has 1 aromatic heterocycles. The number of rotatable bonds is 5. The maximum absolute atomic E-state index is 12.0. The van der Waals surface area contributed by atoms with E-state index in [-0.39, 0.29) is 5.91 Å². The molecule has 0 atom stereocenters. The molecule has 0 bridgehead atoms. The molecular formula is C19H25N3O2. The van der Waals surface area contributed by atoms with E-state index in [2.05, 4.69) is 36.3 Å². The summed E-state index contributed by atoms with van der Waals surface area (Å²) < 4.78 is 7.81. The Kier molecular flexibility index (Phi) is 5.00. The topological polar surface area (TPSA) is 47.4 Å². The fourth-order valence-corrected chi connectivity index (χ4v) is 3.17. The normalized spacial score (nSPS) is 13.9. The number of nitrogens with zero attached hydrogens (tertiary/aromatic N) is 3. The predicted molar refractivity (Wildman–Crippen MR) is 92.3 cm³/mol. The highest BCUT2D eigenvalue weighted by molar-refractivity contribution is 5.76. The number of hydrogen-bond donors (Lipinski definition) is 0. The maximum Gasteiger partial charge on any atom is 0.222 e. The van der Waals surface area contributed by atoms with Gasteiger partial charge in [-0.1, -0.05) is 36.8 Å². The smallest absolute Gasteiger partial charge is 0.222 e. The lowest BCUT2D eigenvalue weighted by Crippen LogP contribution is -2.36. The molecule has 2 aromatic rings. The Morgan fingerprint density at radius 3 is 2.71 bits per heavy atom. The van der Waals surface area contributed by atoms with Crippen molar-refractivity contribution in [3.05, 3.63) is 52.3 Å². The van der Waals surface area contributed by atoms with E-state index in [9.17, 15) is 4.79 Å². The van der Waals surface area contributed by atoms with Crippen molar-refractivity contribution in [1.29, 1.82) is 0 Å². The fourth-order valence-electron chi connectivity index (χ4n) is 3.17. The number of fused-ring (bicyclic) bond motifs is 1. The zero-order valence-corrected chi connectivity index (χ0v) is 14.7. The van der Waals surface area contributed by atoms with Gasteiger partial charge < -0.3 is 9.64 Å². The maximum atomic E-state index is 12.0. The number of ether oxygens (including phenoxy) is 1. The Morgan fingerprint density at radius 1 is 1.25 bits per heavy atom. The van der Waals surface area contributed by atoms with Crippen LogP contribution in [0.1, 0.15) is 41.4 Å². The molecule has 0 fully saturated rings. The van der Waals surface area contributed by atoms with Crippen LogP contribution in [0.25, 0.3) is 0 Å². The second kappa shape index (κ2) is 7.18. The Hall–Kier alpha value is -2.14. The number of hydrogen-bond acceptors (Lipinski definition) is 3. The van der Waals surface area contributed by atoms with E-state index < -0.39 is 0 Å². The van der Waals surface area contributed by atoms with Gasteiger partial charge in [0.05, 0.1) is 18.9 Å². The van der Waals surface area contributed by atoms with Gasteiger partial charge in [0.2, 0.25) is 5.91 Å². The third-order valence-electron chi connectivity index (χ3n) is 4.61. The standard InChI is InChI=1S/C19H25N3O2/c1-4-19(23)22-10-9-18-16(11-22)17(20-21(18)3)13-24-12-15-7-5-14(2)6-8-15/h5-8H,4,9-13H2,1-3H3. The molecule has 0 saturated carbocycles. The highest BCUT2D eigenvalue weighted by atomic mass is 16.5. The van der Waals surface area contributed by atoms with E-state index in [0.717, 1.165) is 29.8 Å². The molecule has 0 N–H and O–H groups in total. The summed E-state index contributed by atoms with van der Waals surface area (Å²) in [6, 6.07) is 8.36. The first-order valence-electron chi connectivity index (χ1n) is 8.53. The zero-order valence-electron chi connectivity index (χ0n) is 14.7. The first-order valence-corrected chi connectivity index (χ1v) is 8.53. The van der Waals surface area contributed by atoms with Crippen LogP contribution in [-0.2, 0) is 42.8 Å². The van der Waals surface area contributed by atoms with Crippen molar-refractivity contribution in [3.63, 3.8) is 0 Å². The van der Waals surface area contributed by atoms with Gasteiger partial charge in [-0.3, -0.25) is 9.48 Å². The van der Waals surface area contributed by atoms with Crippen LogP contribution in [0.4, 0.5) is 0 Å². The van der Waals surface area contributed by atoms with Crippen LogP contribution in [-0.4, -0.2) is 27.1 Å².